The molecule has 0 aliphatic carbocycles. The Balaban J connectivity index is 1.82. The maximum absolute atomic E-state index is 12.8. The number of rotatable bonds is 4. The summed E-state index contributed by atoms with van der Waals surface area (Å²) in [5, 5.41) is 9.47. The molecule has 0 atom stereocenters. The number of amides is 1. The van der Waals surface area contributed by atoms with Gasteiger partial charge in [0, 0.05) is 25.2 Å². The molecule has 1 aliphatic rings. The van der Waals surface area contributed by atoms with E-state index in [0.29, 0.717) is 23.7 Å². The van der Waals surface area contributed by atoms with Crippen LogP contribution in [0.25, 0.3) is 0 Å². The number of anilines is 1. The zero-order chi connectivity index (χ0) is 18.7. The zero-order valence-corrected chi connectivity index (χ0v) is 15.5. The van der Waals surface area contributed by atoms with Crippen LogP contribution in [-0.2, 0) is 17.8 Å². The number of piperidine rings is 1. The summed E-state index contributed by atoms with van der Waals surface area (Å²) in [7, 11) is 0. The van der Waals surface area contributed by atoms with Crippen LogP contribution < -0.4 is 5.73 Å². The van der Waals surface area contributed by atoms with E-state index in [1.54, 1.807) is 10.6 Å². The lowest BCUT2D eigenvalue weighted by molar-refractivity contribution is -0.133. The molecule has 136 valence electrons. The third-order valence-corrected chi connectivity index (χ3v) is 5.28. The zero-order valence-electron chi connectivity index (χ0n) is 15.5. The fourth-order valence-electron chi connectivity index (χ4n) is 3.47. The van der Waals surface area contributed by atoms with Gasteiger partial charge in [-0.05, 0) is 37.3 Å². The highest BCUT2D eigenvalue weighted by molar-refractivity contribution is 5.77. The summed E-state index contributed by atoms with van der Waals surface area (Å²) < 4.78 is 1.79. The fourth-order valence-corrected chi connectivity index (χ4v) is 3.47. The minimum absolute atomic E-state index is 0.0640. The molecule has 2 aromatic rings. The van der Waals surface area contributed by atoms with Crippen molar-refractivity contribution in [3.05, 3.63) is 52.8 Å². The average molecular weight is 350 g/mol. The van der Waals surface area contributed by atoms with Gasteiger partial charge in [0.15, 0.2) is 0 Å². The first-order chi connectivity index (χ1) is 12.5. The topological polar surface area (TPSA) is 75.0 Å². The number of hydrogen-bond acceptors (Lipinski definition) is 3. The number of hydrogen-bond donors (Lipinski definition) is 1. The fraction of sp³-hybridized carbons (Fsp3) is 0.429. The number of aryl methyl sites for hydroxylation is 1. The largest absolute Gasteiger partial charge is 0.397 e. The van der Waals surface area contributed by atoms with Crippen molar-refractivity contribution in [3.63, 3.8) is 0 Å². The Morgan fingerprint density at radius 1 is 1.27 bits per heavy atom. The first-order valence-electron chi connectivity index (χ1n) is 9.19. The summed E-state index contributed by atoms with van der Waals surface area (Å²) in [6, 6.07) is 12.1. The number of benzene rings is 1. The smallest absolute Gasteiger partial charge is 0.242 e. The van der Waals surface area contributed by atoms with Crippen LogP contribution in [0.2, 0.25) is 0 Å². The van der Waals surface area contributed by atoms with Crippen molar-refractivity contribution in [2.45, 2.75) is 39.7 Å². The lowest BCUT2D eigenvalue weighted by Gasteiger charge is -2.30. The van der Waals surface area contributed by atoms with Crippen molar-refractivity contribution in [3.8, 4) is 6.07 Å². The van der Waals surface area contributed by atoms with Crippen LogP contribution in [0.15, 0.2) is 30.3 Å². The summed E-state index contributed by atoms with van der Waals surface area (Å²) in [6.45, 7) is 6.04. The molecule has 0 bridgehead atoms. The molecule has 0 unspecified atom stereocenters. The second-order valence-electron chi connectivity index (χ2n) is 7.36. The number of nitrogens with two attached hydrogens (primary N) is 1. The first kappa shape index (κ1) is 18.1. The van der Waals surface area contributed by atoms with Crippen LogP contribution in [0.4, 0.5) is 5.69 Å². The van der Waals surface area contributed by atoms with E-state index >= 15 is 0 Å². The number of aromatic nitrogens is 1. The van der Waals surface area contributed by atoms with E-state index in [2.05, 4.69) is 37.3 Å². The number of nitrogen functional groups attached to an aromatic ring is 1. The highest BCUT2D eigenvalue weighted by atomic mass is 16.2. The van der Waals surface area contributed by atoms with Crippen LogP contribution in [-0.4, -0.2) is 28.5 Å². The summed E-state index contributed by atoms with van der Waals surface area (Å²) in [5.74, 6) is 0.738. The Morgan fingerprint density at radius 2 is 1.92 bits per heavy atom. The molecule has 1 aliphatic heterocycles. The van der Waals surface area contributed by atoms with Gasteiger partial charge in [-0.1, -0.05) is 36.8 Å². The lowest BCUT2D eigenvalue weighted by atomic mass is 9.99. The number of carbonyl (C=O) groups is 1. The van der Waals surface area contributed by atoms with Crippen molar-refractivity contribution in [2.75, 3.05) is 18.8 Å². The van der Waals surface area contributed by atoms with E-state index in [1.165, 1.54) is 5.56 Å². The third kappa shape index (κ3) is 3.91. The molecule has 26 heavy (non-hydrogen) atoms. The Labute approximate surface area is 155 Å². The quantitative estimate of drug-likeness (QED) is 0.920. The summed E-state index contributed by atoms with van der Waals surface area (Å²) in [6.07, 6.45) is 2.69. The molecule has 5 heteroatoms. The third-order valence-electron chi connectivity index (χ3n) is 5.28. The molecule has 3 rings (SSSR count). The van der Waals surface area contributed by atoms with Crippen molar-refractivity contribution < 1.29 is 4.79 Å². The van der Waals surface area contributed by atoms with E-state index in [0.717, 1.165) is 37.2 Å². The minimum Gasteiger partial charge on any atom is -0.397 e. The van der Waals surface area contributed by atoms with Crippen LogP contribution in [0.5, 0.6) is 0 Å². The van der Waals surface area contributed by atoms with Gasteiger partial charge in [0.2, 0.25) is 5.91 Å². The predicted molar refractivity (Wildman–Crippen MR) is 103 cm³/mol. The van der Waals surface area contributed by atoms with Crippen molar-refractivity contribution in [1.82, 2.24) is 9.47 Å². The van der Waals surface area contributed by atoms with Crippen LogP contribution >= 0.6 is 0 Å². The van der Waals surface area contributed by atoms with E-state index in [1.807, 2.05) is 11.8 Å². The SMILES string of the molecule is Cc1ccc(Cc2c(N)cc(C#N)n2CC(=O)N2CCC(C)CC2)cc1. The van der Waals surface area contributed by atoms with Gasteiger partial charge in [0.05, 0.1) is 5.69 Å². The molecule has 1 aromatic carbocycles. The average Bonchev–Trinajstić information content (AvgIpc) is 2.92. The number of nitrogens with zero attached hydrogens (tertiary/aromatic N) is 3. The standard InChI is InChI=1S/C21H26N4O/c1-15-3-5-17(6-4-15)11-20-19(23)12-18(13-22)25(20)14-21(26)24-9-7-16(2)8-10-24/h3-6,12,16H,7-11,14,23H2,1-2H3. The van der Waals surface area contributed by atoms with Crippen molar-refractivity contribution in [2.24, 2.45) is 5.92 Å². The second kappa shape index (κ2) is 7.65. The number of nitriles is 1. The lowest BCUT2D eigenvalue weighted by Crippen LogP contribution is -2.40. The van der Waals surface area contributed by atoms with Gasteiger partial charge in [0.1, 0.15) is 18.3 Å². The summed E-state index contributed by atoms with van der Waals surface area (Å²) >= 11 is 0. The summed E-state index contributed by atoms with van der Waals surface area (Å²) in [5.41, 5.74) is 10.3. The maximum atomic E-state index is 12.8. The molecule has 5 nitrogen and oxygen atoms in total. The Kier molecular flexibility index (Phi) is 5.32. The first-order valence-corrected chi connectivity index (χ1v) is 9.19. The van der Waals surface area contributed by atoms with E-state index in [4.69, 9.17) is 5.73 Å². The number of likely N-dealkylation sites (tertiary alicyclic amines) is 1. The molecule has 1 amide bonds. The molecule has 1 fully saturated rings. The normalized spacial score (nSPS) is 15.0. The van der Waals surface area contributed by atoms with Gasteiger partial charge in [0.25, 0.3) is 0 Å². The predicted octanol–water partition coefficient (Wildman–Crippen LogP) is 3.10. The molecular formula is C21H26N4O. The van der Waals surface area contributed by atoms with Gasteiger partial charge >= 0.3 is 0 Å². The van der Waals surface area contributed by atoms with E-state index < -0.39 is 0 Å². The second-order valence-corrected chi connectivity index (χ2v) is 7.36. The highest BCUT2D eigenvalue weighted by Gasteiger charge is 2.23. The Morgan fingerprint density at radius 3 is 2.54 bits per heavy atom. The molecule has 2 N–H and O–H groups in total. The van der Waals surface area contributed by atoms with Crippen LogP contribution in [0, 0.1) is 24.2 Å². The molecule has 0 spiro atoms. The van der Waals surface area contributed by atoms with Gasteiger partial charge in [-0.2, -0.15) is 5.26 Å². The monoisotopic (exact) mass is 350 g/mol. The maximum Gasteiger partial charge on any atom is 0.242 e. The molecule has 2 heterocycles. The van der Waals surface area contributed by atoms with Crippen LogP contribution in [0.3, 0.4) is 0 Å². The van der Waals surface area contributed by atoms with Crippen molar-refractivity contribution in [1.29, 1.82) is 5.26 Å². The van der Waals surface area contributed by atoms with Gasteiger partial charge in [-0.15, -0.1) is 0 Å². The molecule has 1 saturated heterocycles. The van der Waals surface area contributed by atoms with Gasteiger partial charge in [-0.3, -0.25) is 4.79 Å². The molecule has 1 aromatic heterocycles. The van der Waals surface area contributed by atoms with E-state index in [9.17, 15) is 10.1 Å². The molecular weight excluding hydrogens is 324 g/mol. The minimum atomic E-state index is 0.0640. The summed E-state index contributed by atoms with van der Waals surface area (Å²) in [4.78, 5) is 14.7. The van der Waals surface area contributed by atoms with Crippen LogP contribution in [0.1, 0.15) is 42.3 Å². The molecule has 0 radical (unpaired) electrons. The van der Waals surface area contributed by atoms with Crippen molar-refractivity contribution >= 4 is 11.6 Å². The molecule has 0 saturated carbocycles. The van der Waals surface area contributed by atoms with Gasteiger partial charge in [-0.25, -0.2) is 0 Å². The highest BCUT2D eigenvalue weighted by Crippen LogP contribution is 2.23. The number of carbonyl (C=O) groups excluding carboxylic acids is 1. The Hall–Kier alpha value is -2.74. The Bertz CT molecular complexity index is 821. The van der Waals surface area contributed by atoms with Gasteiger partial charge < -0.3 is 15.2 Å². The van der Waals surface area contributed by atoms with E-state index in [-0.39, 0.29) is 12.5 Å².